The van der Waals surface area contributed by atoms with Gasteiger partial charge in [-0.3, -0.25) is 9.69 Å². The predicted octanol–water partition coefficient (Wildman–Crippen LogP) is 3.20. The number of carbonyl (C=O) groups is 1. The molecule has 0 saturated heterocycles. The Balaban J connectivity index is 2.92. The molecule has 1 rings (SSSR count). The summed E-state index contributed by atoms with van der Waals surface area (Å²) in [6, 6.07) is 7.33. The number of hydrogen-bond donors (Lipinski definition) is 0. The first-order valence-corrected chi connectivity index (χ1v) is 7.25. The molecule has 0 unspecified atom stereocenters. The Morgan fingerprint density at radius 1 is 1.33 bits per heavy atom. The van der Waals surface area contributed by atoms with Crippen LogP contribution in [0.3, 0.4) is 0 Å². The van der Waals surface area contributed by atoms with E-state index in [2.05, 4.69) is 5.16 Å². The smallest absolute Gasteiger partial charge is 0.261 e. The Labute approximate surface area is 134 Å². The highest BCUT2D eigenvalue weighted by Gasteiger charge is 2.23. The summed E-state index contributed by atoms with van der Waals surface area (Å²) in [5, 5.41) is 3.86. The van der Waals surface area contributed by atoms with Gasteiger partial charge in [0.25, 0.3) is 5.91 Å². The summed E-state index contributed by atoms with van der Waals surface area (Å²) in [6.07, 6.45) is 0. The summed E-state index contributed by atoms with van der Waals surface area (Å²) < 4.78 is 5.09. The second-order valence-electron chi connectivity index (χ2n) is 4.13. The molecule has 0 fully saturated rings. The summed E-state index contributed by atoms with van der Waals surface area (Å²) >= 11 is 11.3. The van der Waals surface area contributed by atoms with Crippen LogP contribution in [0.15, 0.2) is 29.4 Å². The third-order valence-corrected chi connectivity index (χ3v) is 3.04. The van der Waals surface area contributed by atoms with E-state index in [0.29, 0.717) is 19.0 Å². The predicted molar refractivity (Wildman–Crippen MR) is 83.8 cm³/mol. The van der Waals surface area contributed by atoms with E-state index in [9.17, 15) is 4.79 Å². The maximum Gasteiger partial charge on any atom is 0.261 e. The molecule has 0 atom stereocenters. The topological polar surface area (TPSA) is 51.1 Å². The largest absolute Gasteiger partial charge is 0.497 e. The fourth-order valence-corrected chi connectivity index (χ4v) is 1.83. The van der Waals surface area contributed by atoms with E-state index < -0.39 is 10.7 Å². The van der Waals surface area contributed by atoms with Crippen LogP contribution in [-0.2, 0) is 16.2 Å². The zero-order chi connectivity index (χ0) is 15.8. The summed E-state index contributed by atoms with van der Waals surface area (Å²) in [7, 11) is 1.59. The highest BCUT2D eigenvalue weighted by atomic mass is 35.5. The lowest BCUT2D eigenvalue weighted by atomic mass is 10.2. The minimum Gasteiger partial charge on any atom is -0.497 e. The van der Waals surface area contributed by atoms with Crippen LogP contribution in [0.5, 0.6) is 5.75 Å². The second kappa shape index (κ2) is 8.74. The van der Waals surface area contributed by atoms with E-state index in [4.69, 9.17) is 32.8 Å². The number of alkyl halides is 2. The molecule has 0 spiro atoms. The molecule has 0 bridgehead atoms. The number of ether oxygens (including phenoxy) is 1. The molecule has 0 aliphatic rings. The Morgan fingerprint density at radius 3 is 2.43 bits per heavy atom. The van der Waals surface area contributed by atoms with Gasteiger partial charge in [-0.25, -0.2) is 0 Å². The lowest BCUT2D eigenvalue weighted by Gasteiger charge is -2.22. The van der Waals surface area contributed by atoms with Crippen LogP contribution in [0.1, 0.15) is 19.4 Å². The van der Waals surface area contributed by atoms with Crippen molar-refractivity contribution in [2.24, 2.45) is 5.16 Å². The van der Waals surface area contributed by atoms with Gasteiger partial charge in [0.15, 0.2) is 4.84 Å². The average Bonchev–Trinajstić information content (AvgIpc) is 2.50. The van der Waals surface area contributed by atoms with Crippen molar-refractivity contribution in [3.8, 4) is 5.75 Å². The van der Waals surface area contributed by atoms with Crippen molar-refractivity contribution in [3.05, 3.63) is 29.8 Å². The van der Waals surface area contributed by atoms with Crippen molar-refractivity contribution in [2.45, 2.75) is 25.2 Å². The summed E-state index contributed by atoms with van der Waals surface area (Å²) in [5.74, 6) is 0.683. The summed E-state index contributed by atoms with van der Waals surface area (Å²) in [5.41, 5.74) is 0.893. The SMILES string of the molecule is CCO/N=C(/C)N(Cc1ccc(OC)cc1)C(=O)C(Cl)Cl. The van der Waals surface area contributed by atoms with E-state index in [0.717, 1.165) is 11.3 Å². The lowest BCUT2D eigenvalue weighted by molar-refractivity contribution is -0.126. The highest BCUT2D eigenvalue weighted by molar-refractivity contribution is 6.53. The first-order chi connectivity index (χ1) is 9.99. The van der Waals surface area contributed by atoms with Crippen molar-refractivity contribution in [1.82, 2.24) is 4.90 Å². The van der Waals surface area contributed by atoms with Crippen LogP contribution in [0.2, 0.25) is 0 Å². The molecule has 0 aromatic heterocycles. The van der Waals surface area contributed by atoms with E-state index in [-0.39, 0.29) is 0 Å². The van der Waals surface area contributed by atoms with Gasteiger partial charge in [-0.05, 0) is 31.5 Å². The molecule has 1 aromatic rings. The molecular formula is C14H18Cl2N2O3. The van der Waals surface area contributed by atoms with Gasteiger partial charge in [-0.2, -0.15) is 0 Å². The minimum absolute atomic E-state index is 0.293. The minimum atomic E-state index is -1.16. The normalized spacial score (nSPS) is 11.4. The average molecular weight is 333 g/mol. The zero-order valence-electron chi connectivity index (χ0n) is 12.2. The van der Waals surface area contributed by atoms with Crippen molar-refractivity contribution in [2.75, 3.05) is 13.7 Å². The molecule has 1 aromatic carbocycles. The van der Waals surface area contributed by atoms with Crippen LogP contribution in [0.4, 0.5) is 0 Å². The Kier molecular flexibility index (Phi) is 7.32. The monoisotopic (exact) mass is 332 g/mol. The highest BCUT2D eigenvalue weighted by Crippen LogP contribution is 2.16. The number of nitrogens with zero attached hydrogens (tertiary/aromatic N) is 2. The Hall–Kier alpha value is -1.46. The van der Waals surface area contributed by atoms with Gasteiger partial charge in [0.2, 0.25) is 0 Å². The van der Waals surface area contributed by atoms with Gasteiger partial charge >= 0.3 is 0 Å². The molecule has 21 heavy (non-hydrogen) atoms. The number of oxime groups is 1. The second-order valence-corrected chi connectivity index (χ2v) is 5.23. The third kappa shape index (κ3) is 5.44. The maximum atomic E-state index is 12.1. The first-order valence-electron chi connectivity index (χ1n) is 6.38. The van der Waals surface area contributed by atoms with E-state index in [1.54, 1.807) is 21.0 Å². The number of rotatable bonds is 6. The van der Waals surface area contributed by atoms with Crippen LogP contribution in [-0.4, -0.2) is 35.2 Å². The molecule has 0 aliphatic heterocycles. The molecule has 0 radical (unpaired) electrons. The van der Waals surface area contributed by atoms with Crippen molar-refractivity contribution in [1.29, 1.82) is 0 Å². The number of amidine groups is 1. The lowest BCUT2D eigenvalue weighted by Crippen LogP contribution is -2.38. The number of carbonyl (C=O) groups excluding carboxylic acids is 1. The molecule has 5 nitrogen and oxygen atoms in total. The van der Waals surface area contributed by atoms with Crippen LogP contribution < -0.4 is 4.74 Å². The van der Waals surface area contributed by atoms with Gasteiger partial charge in [0.05, 0.1) is 13.7 Å². The van der Waals surface area contributed by atoms with Gasteiger partial charge in [-0.15, -0.1) is 0 Å². The molecule has 0 N–H and O–H groups in total. The Morgan fingerprint density at radius 2 is 1.95 bits per heavy atom. The Bertz CT molecular complexity index is 489. The maximum absolute atomic E-state index is 12.1. The molecule has 1 amide bonds. The zero-order valence-corrected chi connectivity index (χ0v) is 13.7. The van der Waals surface area contributed by atoms with Gasteiger partial charge in [0.1, 0.15) is 18.2 Å². The molecule has 7 heteroatoms. The van der Waals surface area contributed by atoms with E-state index >= 15 is 0 Å². The molecular weight excluding hydrogens is 315 g/mol. The van der Waals surface area contributed by atoms with Crippen molar-refractivity contribution in [3.63, 3.8) is 0 Å². The van der Waals surface area contributed by atoms with Crippen molar-refractivity contribution < 1.29 is 14.4 Å². The van der Waals surface area contributed by atoms with Crippen LogP contribution >= 0.6 is 23.2 Å². The van der Waals surface area contributed by atoms with Gasteiger partial charge < -0.3 is 9.57 Å². The number of amides is 1. The number of benzene rings is 1. The number of hydrogen-bond acceptors (Lipinski definition) is 4. The fourth-order valence-electron chi connectivity index (χ4n) is 1.59. The van der Waals surface area contributed by atoms with E-state index in [1.165, 1.54) is 4.90 Å². The fraction of sp³-hybridized carbons (Fsp3) is 0.429. The number of methoxy groups -OCH3 is 1. The standard InChI is InChI=1S/C14H18Cl2N2O3/c1-4-21-17-10(2)18(14(19)13(15)16)9-11-5-7-12(20-3)8-6-11/h5-8,13H,4,9H2,1-3H3/b17-10-. The van der Waals surface area contributed by atoms with Crippen LogP contribution in [0.25, 0.3) is 0 Å². The van der Waals surface area contributed by atoms with Gasteiger partial charge in [-0.1, -0.05) is 40.5 Å². The summed E-state index contributed by atoms with van der Waals surface area (Å²) in [4.78, 5) is 17.3. The van der Waals surface area contributed by atoms with Gasteiger partial charge in [0, 0.05) is 0 Å². The van der Waals surface area contributed by atoms with E-state index in [1.807, 2.05) is 24.3 Å². The molecule has 116 valence electrons. The third-order valence-electron chi connectivity index (χ3n) is 2.67. The molecule has 0 heterocycles. The van der Waals surface area contributed by atoms with Crippen molar-refractivity contribution >= 4 is 34.9 Å². The first kappa shape index (κ1) is 17.6. The number of halogens is 2. The molecule has 0 aliphatic carbocycles. The molecule has 0 saturated carbocycles. The quantitative estimate of drug-likeness (QED) is 0.348. The summed E-state index contributed by atoms with van der Waals surface area (Å²) in [6.45, 7) is 4.17. The van der Waals surface area contributed by atoms with Crippen LogP contribution in [0, 0.1) is 0 Å².